The number of carboxylic acid groups (broad SMARTS) is 1. The van der Waals surface area contributed by atoms with E-state index in [0.29, 0.717) is 24.7 Å². The zero-order chi connectivity index (χ0) is 41.7. The molecule has 57 heavy (non-hydrogen) atoms. The first kappa shape index (κ1) is 41.7. The van der Waals surface area contributed by atoms with Crippen LogP contribution in [0, 0.1) is 56.2 Å². The van der Waals surface area contributed by atoms with E-state index < -0.39 is 22.8 Å². The van der Waals surface area contributed by atoms with Crippen LogP contribution in [0.3, 0.4) is 0 Å². The van der Waals surface area contributed by atoms with Gasteiger partial charge in [0.1, 0.15) is 11.9 Å². The Hall–Kier alpha value is -3.42. The second kappa shape index (κ2) is 14.1. The minimum Gasteiger partial charge on any atom is -0.497 e. The van der Waals surface area contributed by atoms with Gasteiger partial charge < -0.3 is 19.5 Å². The molecule has 0 saturated heterocycles. The number of aliphatic carboxylic acids is 1. The van der Waals surface area contributed by atoms with Gasteiger partial charge in [-0.05, 0) is 140 Å². The van der Waals surface area contributed by atoms with E-state index in [9.17, 15) is 24.3 Å². The van der Waals surface area contributed by atoms with E-state index in [2.05, 4.69) is 72.5 Å². The second-order valence-corrected chi connectivity index (χ2v) is 21.5. The number of ketones is 2. The van der Waals surface area contributed by atoms with Crippen LogP contribution in [0.4, 0.5) is 0 Å². The number of carbonyl (C=O) groups excluding carboxylic acids is 3. The molecule has 1 heterocycles. The Balaban J connectivity index is 1.20. The van der Waals surface area contributed by atoms with Crippen LogP contribution in [0.25, 0.3) is 0 Å². The van der Waals surface area contributed by atoms with Crippen molar-refractivity contribution in [3.05, 3.63) is 52.7 Å². The highest BCUT2D eigenvalue weighted by atomic mass is 16.5. The number of nitrogens with zero attached hydrogens (tertiary/aromatic N) is 1. The van der Waals surface area contributed by atoms with Crippen molar-refractivity contribution in [3.8, 4) is 5.75 Å². The number of esters is 1. The summed E-state index contributed by atoms with van der Waals surface area (Å²) in [4.78, 5) is 55.6. The first-order valence-electron chi connectivity index (χ1n) is 21.9. The smallest absolute Gasteiger partial charge is 0.309 e. The zero-order valence-corrected chi connectivity index (χ0v) is 36.7. The number of methoxy groups -OCH3 is 1. The van der Waals surface area contributed by atoms with Crippen LogP contribution in [0.2, 0.25) is 0 Å². The molecule has 5 aliphatic carbocycles. The van der Waals surface area contributed by atoms with Gasteiger partial charge in [-0.2, -0.15) is 0 Å². The normalized spacial score (nSPS) is 37.5. The third-order valence-corrected chi connectivity index (χ3v) is 17.6. The third-order valence-electron chi connectivity index (χ3n) is 17.6. The molecule has 1 aromatic rings. The minimum atomic E-state index is -1.17. The molecule has 0 bridgehead atoms. The monoisotopic (exact) mass is 784 g/mol. The molecule has 312 valence electrons. The lowest BCUT2D eigenvalue weighted by Gasteiger charge is -2.72. The number of allylic oxidation sites excluding steroid dienone is 3. The number of hydrogen-bond donors (Lipinski definition) is 1. The van der Waals surface area contributed by atoms with Gasteiger partial charge in [-0.25, -0.2) is 0 Å². The largest absolute Gasteiger partial charge is 0.497 e. The summed E-state index contributed by atoms with van der Waals surface area (Å²) in [5, 5.41) is 9.66. The molecule has 1 aliphatic heterocycles. The van der Waals surface area contributed by atoms with Crippen molar-refractivity contribution in [3.63, 3.8) is 0 Å². The summed E-state index contributed by atoms with van der Waals surface area (Å²) < 4.78 is 11.6. The van der Waals surface area contributed by atoms with Gasteiger partial charge in [0.2, 0.25) is 0 Å². The molecule has 0 aromatic heterocycles. The molecular formula is C49H69NO7. The number of fused-ring (bicyclic) bond motifs is 7. The van der Waals surface area contributed by atoms with Gasteiger partial charge in [0.25, 0.3) is 0 Å². The zero-order valence-electron chi connectivity index (χ0n) is 36.7. The van der Waals surface area contributed by atoms with Crippen molar-refractivity contribution >= 4 is 23.5 Å². The molecule has 0 spiro atoms. The van der Waals surface area contributed by atoms with Crippen molar-refractivity contribution in [2.75, 3.05) is 14.2 Å². The Morgan fingerprint density at radius 3 is 2.23 bits per heavy atom. The summed E-state index contributed by atoms with van der Waals surface area (Å²) in [6.45, 7) is 19.8. The van der Waals surface area contributed by atoms with Gasteiger partial charge in [-0.15, -0.1) is 0 Å². The average molecular weight is 784 g/mol. The van der Waals surface area contributed by atoms with E-state index >= 15 is 0 Å². The molecule has 4 saturated carbocycles. The number of Topliss-reactive ketones (excluding diaryl/α,β-unsaturated/α-hetero) is 1. The highest BCUT2D eigenvalue weighted by Gasteiger charge is 2.71. The van der Waals surface area contributed by atoms with Crippen LogP contribution in [0.1, 0.15) is 139 Å². The number of likely N-dealkylation sites (N-methyl/N-ethyl adjacent to an activating group) is 1. The van der Waals surface area contributed by atoms with E-state index in [1.54, 1.807) is 21.0 Å². The van der Waals surface area contributed by atoms with Crippen molar-refractivity contribution in [1.29, 1.82) is 0 Å². The van der Waals surface area contributed by atoms with Crippen LogP contribution in [0.5, 0.6) is 5.75 Å². The van der Waals surface area contributed by atoms with Gasteiger partial charge in [-0.3, -0.25) is 19.2 Å². The van der Waals surface area contributed by atoms with Crippen molar-refractivity contribution in [2.24, 2.45) is 56.2 Å². The Morgan fingerprint density at radius 2 is 1.60 bits per heavy atom. The summed E-state index contributed by atoms with van der Waals surface area (Å²) >= 11 is 0. The van der Waals surface area contributed by atoms with Crippen molar-refractivity contribution in [2.45, 2.75) is 152 Å². The van der Waals surface area contributed by atoms with Gasteiger partial charge in [0.05, 0.1) is 18.9 Å². The Labute approximate surface area is 341 Å². The molecule has 8 nitrogen and oxygen atoms in total. The molecule has 1 N–H and O–H groups in total. The summed E-state index contributed by atoms with van der Waals surface area (Å²) in [7, 11) is 3.83. The fraction of sp³-hybridized carbons (Fsp3) is 0.714. The fourth-order valence-corrected chi connectivity index (χ4v) is 14.4. The lowest BCUT2D eigenvalue weighted by molar-refractivity contribution is -0.233. The van der Waals surface area contributed by atoms with E-state index in [0.717, 1.165) is 74.8 Å². The van der Waals surface area contributed by atoms with E-state index in [1.807, 2.05) is 18.2 Å². The fourth-order valence-electron chi connectivity index (χ4n) is 14.4. The second-order valence-electron chi connectivity index (χ2n) is 21.5. The van der Waals surface area contributed by atoms with Crippen LogP contribution < -0.4 is 4.74 Å². The number of benzene rings is 1. The van der Waals surface area contributed by atoms with E-state index in [1.165, 1.54) is 11.1 Å². The SMILES string of the molecule is COc1ccc(CC2CC(=O)C=C([C@@]34CC[C@]5(C)[C@H](CC[C@@H]6[C@@]7(C)CC[C@H](OC(=O)CC(C)(C)C(=O)O)C(C)(C)[C@@H]7CC[C@]65C)C3=C(C(C)C)C(=O)C4)N2C)cc1. The molecule has 7 rings (SSSR count). The number of rotatable bonds is 9. The molecule has 0 radical (unpaired) electrons. The predicted octanol–water partition coefficient (Wildman–Crippen LogP) is 9.79. The average Bonchev–Trinajstić information content (AvgIpc) is 3.44. The maximum atomic E-state index is 14.5. The number of ether oxygens (including phenoxy) is 2. The Kier molecular flexibility index (Phi) is 10.3. The third kappa shape index (κ3) is 6.35. The molecule has 1 aromatic carbocycles. The first-order chi connectivity index (χ1) is 26.6. The van der Waals surface area contributed by atoms with Gasteiger partial charge >= 0.3 is 11.9 Å². The number of carboxylic acids is 1. The predicted molar refractivity (Wildman–Crippen MR) is 221 cm³/mol. The summed E-state index contributed by atoms with van der Waals surface area (Å²) in [5.74, 6) is 1.04. The van der Waals surface area contributed by atoms with Crippen LogP contribution in [-0.4, -0.2) is 59.8 Å². The molecule has 4 fully saturated rings. The maximum Gasteiger partial charge on any atom is 0.309 e. The topological polar surface area (TPSA) is 110 Å². The van der Waals surface area contributed by atoms with Crippen molar-refractivity contribution < 1.29 is 33.8 Å². The van der Waals surface area contributed by atoms with E-state index in [4.69, 9.17) is 9.47 Å². The van der Waals surface area contributed by atoms with Crippen LogP contribution in [-0.2, 0) is 30.3 Å². The first-order valence-corrected chi connectivity index (χ1v) is 21.9. The summed E-state index contributed by atoms with van der Waals surface area (Å²) in [5.41, 5.74) is 2.79. The lowest BCUT2D eigenvalue weighted by Crippen LogP contribution is -2.66. The standard InChI is InChI=1S/C49H69NO7/c1-29(2)41-35(52)27-49(38-26-32(51)25-31(50(38)10)24-30-12-14-33(56-11)15-13-30)23-22-47(8)34(42(41)49)16-17-37-46(7)20-19-39(57-40(53)28-44(3,4)43(54)55)45(5,6)36(46)18-21-48(37,47)9/h12-15,26,29,31,34,36-37,39H,16-25,27-28H2,1-11H3,(H,54,55)/t31?,34-,36+,37-,39+,46+,47-,48-,49+/m1/s1. The van der Waals surface area contributed by atoms with Gasteiger partial charge in [0, 0.05) is 48.5 Å². The maximum absolute atomic E-state index is 14.5. The highest BCUT2D eigenvalue weighted by molar-refractivity contribution is 6.02. The van der Waals surface area contributed by atoms with E-state index in [-0.39, 0.29) is 63.6 Å². The number of hydrogen-bond acceptors (Lipinski definition) is 7. The van der Waals surface area contributed by atoms with Crippen molar-refractivity contribution in [1.82, 2.24) is 4.90 Å². The molecule has 8 heteroatoms. The molecule has 0 amide bonds. The molecular weight excluding hydrogens is 715 g/mol. The molecule has 6 aliphatic rings. The van der Waals surface area contributed by atoms with Gasteiger partial charge in [-0.1, -0.05) is 60.6 Å². The Bertz CT molecular complexity index is 1890. The molecule has 9 atom stereocenters. The summed E-state index contributed by atoms with van der Waals surface area (Å²) in [6.07, 6.45) is 11.1. The van der Waals surface area contributed by atoms with Gasteiger partial charge in [0.15, 0.2) is 11.6 Å². The summed E-state index contributed by atoms with van der Waals surface area (Å²) in [6, 6.07) is 8.18. The van der Waals surface area contributed by atoms with Crippen LogP contribution >= 0.6 is 0 Å². The lowest BCUT2D eigenvalue weighted by atomic mass is 9.33. The number of carbonyl (C=O) groups is 4. The highest BCUT2D eigenvalue weighted by Crippen LogP contribution is 2.77. The quantitative estimate of drug-likeness (QED) is 0.247. The minimum absolute atomic E-state index is 0.0120. The van der Waals surface area contributed by atoms with Crippen LogP contribution in [0.15, 0.2) is 47.2 Å². The molecule has 1 unspecified atom stereocenters. The Morgan fingerprint density at radius 1 is 0.912 bits per heavy atom.